The summed E-state index contributed by atoms with van der Waals surface area (Å²) in [6.45, 7) is 4.01. The average molecular weight is 421 g/mol. The van der Waals surface area contributed by atoms with Crippen molar-refractivity contribution in [3.05, 3.63) is 12.2 Å². The highest BCUT2D eigenvalue weighted by atomic mass is 35.5. The molecular weight excluding hydrogens is 392 g/mol. The number of hydrogen-bond acceptors (Lipinski definition) is 6. The van der Waals surface area contributed by atoms with Crippen LogP contribution >= 0.6 is 24.2 Å². The van der Waals surface area contributed by atoms with Crippen molar-refractivity contribution in [1.82, 2.24) is 15.5 Å². The summed E-state index contributed by atoms with van der Waals surface area (Å²) in [6.07, 6.45) is 5.56. The van der Waals surface area contributed by atoms with Gasteiger partial charge in [0.15, 0.2) is 0 Å². The number of carbonyl (C=O) groups excluding carboxylic acids is 4. The maximum Gasteiger partial charge on any atom is 0.253 e. The van der Waals surface area contributed by atoms with E-state index in [0.717, 1.165) is 10.7 Å². The molecule has 0 aromatic rings. The van der Waals surface area contributed by atoms with Crippen molar-refractivity contribution >= 4 is 47.8 Å². The van der Waals surface area contributed by atoms with Gasteiger partial charge in [0.05, 0.1) is 6.04 Å². The summed E-state index contributed by atoms with van der Waals surface area (Å²) in [5, 5.41) is 5.41. The van der Waals surface area contributed by atoms with Crippen LogP contribution in [-0.4, -0.2) is 65.7 Å². The molecule has 0 aliphatic carbocycles. The second kappa shape index (κ2) is 12.7. The molecule has 8 nitrogen and oxygen atoms in total. The van der Waals surface area contributed by atoms with Gasteiger partial charge in [-0.05, 0) is 24.3 Å². The molecule has 1 heterocycles. The van der Waals surface area contributed by atoms with Crippen molar-refractivity contribution < 1.29 is 19.2 Å². The summed E-state index contributed by atoms with van der Waals surface area (Å²) in [5.74, 6) is -0.804. The Hall–Kier alpha value is -1.58. The number of carbonyl (C=O) groups is 4. The van der Waals surface area contributed by atoms with Crippen molar-refractivity contribution in [1.29, 1.82) is 0 Å². The Morgan fingerprint density at radius 1 is 1.22 bits per heavy atom. The zero-order valence-electron chi connectivity index (χ0n) is 15.9. The lowest BCUT2D eigenvalue weighted by Crippen LogP contribution is -2.55. The fourth-order valence-corrected chi connectivity index (χ4v) is 2.88. The van der Waals surface area contributed by atoms with Crippen LogP contribution in [0.25, 0.3) is 0 Å². The Morgan fingerprint density at radius 2 is 1.81 bits per heavy atom. The molecule has 0 spiro atoms. The second-order valence-electron chi connectivity index (χ2n) is 6.21. The molecule has 0 aromatic heterocycles. The molecule has 1 aliphatic heterocycles. The first-order valence-corrected chi connectivity index (χ1v) is 10.1. The van der Waals surface area contributed by atoms with Crippen molar-refractivity contribution in [2.75, 3.05) is 25.1 Å². The minimum absolute atomic E-state index is 0. The zero-order chi connectivity index (χ0) is 19.7. The smallest absolute Gasteiger partial charge is 0.253 e. The van der Waals surface area contributed by atoms with E-state index >= 15 is 0 Å². The number of imide groups is 1. The van der Waals surface area contributed by atoms with Gasteiger partial charge < -0.3 is 16.4 Å². The van der Waals surface area contributed by atoms with Gasteiger partial charge in [0, 0.05) is 25.2 Å². The monoisotopic (exact) mass is 420 g/mol. The van der Waals surface area contributed by atoms with Gasteiger partial charge in [-0.3, -0.25) is 24.1 Å². The van der Waals surface area contributed by atoms with Crippen molar-refractivity contribution in [2.24, 2.45) is 11.7 Å². The van der Waals surface area contributed by atoms with E-state index in [9.17, 15) is 19.2 Å². The molecule has 27 heavy (non-hydrogen) atoms. The van der Waals surface area contributed by atoms with E-state index in [1.165, 1.54) is 12.2 Å². The highest BCUT2D eigenvalue weighted by Gasteiger charge is 2.28. The van der Waals surface area contributed by atoms with Crippen LogP contribution in [0.3, 0.4) is 0 Å². The number of amides is 4. The molecule has 4 N–H and O–H groups in total. The summed E-state index contributed by atoms with van der Waals surface area (Å²) in [5.41, 5.74) is 5.86. The molecule has 3 atom stereocenters. The highest BCUT2D eigenvalue weighted by molar-refractivity contribution is 7.98. The Balaban J connectivity index is 0.00000676. The molecule has 1 aliphatic rings. The predicted molar refractivity (Wildman–Crippen MR) is 108 cm³/mol. The van der Waals surface area contributed by atoms with Crippen LogP contribution in [0.5, 0.6) is 0 Å². The molecular formula is C17H29ClN4O4S. The Bertz CT molecular complexity index is 555. The molecule has 154 valence electrons. The van der Waals surface area contributed by atoms with E-state index in [0.29, 0.717) is 12.8 Å². The molecule has 0 saturated carbocycles. The van der Waals surface area contributed by atoms with Gasteiger partial charge in [-0.2, -0.15) is 11.8 Å². The number of halogens is 1. The first kappa shape index (κ1) is 25.4. The number of nitrogens with zero attached hydrogens (tertiary/aromatic N) is 1. The van der Waals surface area contributed by atoms with Gasteiger partial charge in [-0.25, -0.2) is 0 Å². The minimum Gasteiger partial charge on any atom is -0.353 e. The largest absolute Gasteiger partial charge is 0.353 e. The number of rotatable bonds is 11. The topological polar surface area (TPSA) is 122 Å². The number of nitrogens with one attached hydrogen (secondary N) is 2. The van der Waals surface area contributed by atoms with Crippen LogP contribution in [0.2, 0.25) is 0 Å². The van der Waals surface area contributed by atoms with Gasteiger partial charge >= 0.3 is 0 Å². The number of hydrogen-bond donors (Lipinski definition) is 3. The van der Waals surface area contributed by atoms with E-state index in [1.807, 2.05) is 20.1 Å². The maximum absolute atomic E-state index is 12.5. The van der Waals surface area contributed by atoms with Crippen LogP contribution in [0.4, 0.5) is 0 Å². The van der Waals surface area contributed by atoms with Crippen molar-refractivity contribution in [3.63, 3.8) is 0 Å². The molecule has 0 aromatic carbocycles. The SMILES string of the molecule is CC[C@H](C)[C@H](NC(=O)[C@@H](N)CCSC)C(=O)NCCN1C(=O)C=CC1=O.Cl. The summed E-state index contributed by atoms with van der Waals surface area (Å²) in [7, 11) is 0. The number of thioether (sulfide) groups is 1. The van der Waals surface area contributed by atoms with Gasteiger partial charge in [0.1, 0.15) is 6.04 Å². The molecule has 10 heteroatoms. The summed E-state index contributed by atoms with van der Waals surface area (Å²) in [6, 6.07) is -1.37. The van der Waals surface area contributed by atoms with Gasteiger partial charge in [0.2, 0.25) is 11.8 Å². The quantitative estimate of drug-likeness (QED) is 0.406. The second-order valence-corrected chi connectivity index (χ2v) is 7.20. The molecule has 0 bridgehead atoms. The summed E-state index contributed by atoms with van der Waals surface area (Å²) < 4.78 is 0. The third-order valence-electron chi connectivity index (χ3n) is 4.30. The molecule has 0 fully saturated rings. The minimum atomic E-state index is -0.712. The maximum atomic E-state index is 12.5. The fraction of sp³-hybridized carbons (Fsp3) is 0.647. The van der Waals surface area contributed by atoms with Gasteiger partial charge in [-0.1, -0.05) is 20.3 Å². The van der Waals surface area contributed by atoms with Crippen LogP contribution in [0, 0.1) is 5.92 Å². The van der Waals surface area contributed by atoms with Crippen LogP contribution in [-0.2, 0) is 19.2 Å². The van der Waals surface area contributed by atoms with E-state index in [1.54, 1.807) is 11.8 Å². The third-order valence-corrected chi connectivity index (χ3v) is 4.94. The van der Waals surface area contributed by atoms with Crippen molar-refractivity contribution in [3.8, 4) is 0 Å². The predicted octanol–water partition coefficient (Wildman–Crippen LogP) is 0.0607. The first-order valence-electron chi connectivity index (χ1n) is 8.67. The lowest BCUT2D eigenvalue weighted by molar-refractivity contribution is -0.137. The Morgan fingerprint density at radius 3 is 2.33 bits per heavy atom. The molecule has 1 rings (SSSR count). The van der Waals surface area contributed by atoms with Crippen LogP contribution in [0.15, 0.2) is 12.2 Å². The van der Waals surface area contributed by atoms with Crippen molar-refractivity contribution in [2.45, 2.75) is 38.8 Å². The molecule has 0 radical (unpaired) electrons. The molecule has 0 unspecified atom stereocenters. The van der Waals surface area contributed by atoms with E-state index in [4.69, 9.17) is 5.73 Å². The molecule has 4 amide bonds. The third kappa shape index (κ3) is 7.90. The van der Waals surface area contributed by atoms with Crippen LogP contribution in [0.1, 0.15) is 26.7 Å². The summed E-state index contributed by atoms with van der Waals surface area (Å²) in [4.78, 5) is 48.7. The Labute approximate surface area is 170 Å². The van der Waals surface area contributed by atoms with Crippen LogP contribution < -0.4 is 16.4 Å². The highest BCUT2D eigenvalue weighted by Crippen LogP contribution is 2.09. The normalized spacial score (nSPS) is 16.5. The fourth-order valence-electron chi connectivity index (χ4n) is 2.39. The van der Waals surface area contributed by atoms with Gasteiger partial charge in [-0.15, -0.1) is 12.4 Å². The Kier molecular flexibility index (Phi) is 12.0. The first-order chi connectivity index (χ1) is 12.3. The standard InChI is InChI=1S/C17H28N4O4S.ClH/c1-4-11(2)15(20-16(24)12(18)7-10-26-3)17(25)19-8-9-21-13(22)5-6-14(21)23;/h5-6,11-12,15H,4,7-10,18H2,1-3H3,(H,19,25)(H,20,24);1H/t11-,12-,15-;/m0./s1. The molecule has 0 saturated heterocycles. The summed E-state index contributed by atoms with van der Waals surface area (Å²) >= 11 is 1.60. The van der Waals surface area contributed by atoms with E-state index < -0.39 is 23.9 Å². The average Bonchev–Trinajstić information content (AvgIpc) is 2.94. The van der Waals surface area contributed by atoms with Gasteiger partial charge in [0.25, 0.3) is 11.8 Å². The lowest BCUT2D eigenvalue weighted by Gasteiger charge is -2.25. The van der Waals surface area contributed by atoms with E-state index in [-0.39, 0.29) is 43.2 Å². The van der Waals surface area contributed by atoms with E-state index in [2.05, 4.69) is 10.6 Å². The number of nitrogens with two attached hydrogens (primary N) is 1. The lowest BCUT2D eigenvalue weighted by atomic mass is 9.97. The zero-order valence-corrected chi connectivity index (χ0v) is 17.5.